The van der Waals surface area contributed by atoms with Crippen molar-refractivity contribution in [1.29, 1.82) is 0 Å². The summed E-state index contributed by atoms with van der Waals surface area (Å²) in [5.41, 5.74) is 0.170. The predicted octanol–water partition coefficient (Wildman–Crippen LogP) is 1.47. The fraction of sp³-hybridized carbons (Fsp3) is 1.00. The van der Waals surface area contributed by atoms with E-state index in [0.29, 0.717) is 19.7 Å². The van der Waals surface area contributed by atoms with Gasteiger partial charge < -0.3 is 4.74 Å². The van der Waals surface area contributed by atoms with Crippen LogP contribution in [0.1, 0.15) is 34.1 Å². The van der Waals surface area contributed by atoms with Crippen molar-refractivity contribution in [3.8, 4) is 0 Å². The summed E-state index contributed by atoms with van der Waals surface area (Å²) >= 11 is 0. The van der Waals surface area contributed by atoms with Crippen LogP contribution >= 0.6 is 0 Å². The number of hydrogen-bond acceptors (Lipinski definition) is 3. The molecule has 1 atom stereocenters. The minimum absolute atomic E-state index is 0.0371. The first kappa shape index (κ1) is 13.9. The van der Waals surface area contributed by atoms with Crippen LogP contribution in [0.25, 0.3) is 0 Å². The molecule has 1 saturated heterocycles. The van der Waals surface area contributed by atoms with Crippen LogP contribution in [-0.2, 0) is 14.8 Å². The van der Waals surface area contributed by atoms with Crippen LogP contribution in [0.5, 0.6) is 0 Å². The van der Waals surface area contributed by atoms with Crippen LogP contribution in [0.2, 0.25) is 0 Å². The Morgan fingerprint density at radius 3 is 2.50 bits per heavy atom. The monoisotopic (exact) mass is 249 g/mol. The molecule has 0 spiro atoms. The molecule has 1 heterocycles. The molecule has 0 aliphatic carbocycles. The van der Waals surface area contributed by atoms with Gasteiger partial charge in [0.2, 0.25) is 10.0 Å². The van der Waals surface area contributed by atoms with Gasteiger partial charge in [0.05, 0.1) is 18.5 Å². The summed E-state index contributed by atoms with van der Waals surface area (Å²) in [6.07, 6.45) is 0.929. The summed E-state index contributed by atoms with van der Waals surface area (Å²) in [4.78, 5) is 0. The maximum absolute atomic E-state index is 11.7. The van der Waals surface area contributed by atoms with Crippen molar-refractivity contribution < 1.29 is 13.2 Å². The fourth-order valence-electron chi connectivity index (χ4n) is 1.93. The molecule has 4 nitrogen and oxygen atoms in total. The number of sulfonamides is 1. The van der Waals surface area contributed by atoms with Gasteiger partial charge >= 0.3 is 0 Å². The van der Waals surface area contributed by atoms with Gasteiger partial charge in [0.15, 0.2) is 0 Å². The van der Waals surface area contributed by atoms with Gasteiger partial charge in [-0.25, -0.2) is 8.42 Å². The zero-order valence-electron chi connectivity index (χ0n) is 10.7. The zero-order valence-corrected chi connectivity index (χ0v) is 11.5. The van der Waals surface area contributed by atoms with Gasteiger partial charge in [-0.2, -0.15) is 4.31 Å². The van der Waals surface area contributed by atoms with E-state index in [0.717, 1.165) is 6.42 Å². The molecule has 0 aromatic heterocycles. The third kappa shape index (κ3) is 4.03. The Hall–Kier alpha value is -0.130. The van der Waals surface area contributed by atoms with Crippen LogP contribution in [0, 0.1) is 5.41 Å². The minimum Gasteiger partial charge on any atom is -0.375 e. The van der Waals surface area contributed by atoms with Gasteiger partial charge in [-0.1, -0.05) is 20.8 Å². The van der Waals surface area contributed by atoms with Crippen LogP contribution in [0.4, 0.5) is 0 Å². The lowest BCUT2D eigenvalue weighted by molar-refractivity contribution is -0.0216. The van der Waals surface area contributed by atoms with Gasteiger partial charge in [0.1, 0.15) is 0 Å². The lowest BCUT2D eigenvalue weighted by Crippen LogP contribution is -2.47. The molecule has 96 valence electrons. The summed E-state index contributed by atoms with van der Waals surface area (Å²) in [5, 5.41) is 0. The first-order chi connectivity index (χ1) is 7.24. The molecule has 0 aromatic rings. The molecule has 1 aliphatic rings. The van der Waals surface area contributed by atoms with Crippen LogP contribution in [0.15, 0.2) is 0 Å². The Bertz CT molecular complexity index is 319. The first-order valence-corrected chi connectivity index (χ1v) is 7.45. The van der Waals surface area contributed by atoms with Crippen molar-refractivity contribution in [3.05, 3.63) is 0 Å². The Kier molecular flexibility index (Phi) is 4.37. The Balaban J connectivity index is 2.61. The van der Waals surface area contributed by atoms with Gasteiger partial charge in [-0.05, 0) is 18.8 Å². The van der Waals surface area contributed by atoms with E-state index in [2.05, 4.69) is 20.8 Å². The molecule has 0 radical (unpaired) electrons. The van der Waals surface area contributed by atoms with Crippen molar-refractivity contribution in [3.63, 3.8) is 0 Å². The molecule has 1 fully saturated rings. The highest BCUT2D eigenvalue weighted by Gasteiger charge is 2.30. The average Bonchev–Trinajstić information content (AvgIpc) is 2.15. The number of nitrogens with zero attached hydrogens (tertiary/aromatic N) is 1. The summed E-state index contributed by atoms with van der Waals surface area (Å²) in [6.45, 7) is 9.63. The fourth-order valence-corrected chi connectivity index (χ4v) is 3.05. The van der Waals surface area contributed by atoms with E-state index in [1.165, 1.54) is 0 Å². The second kappa shape index (κ2) is 5.02. The molecule has 0 N–H and O–H groups in total. The van der Waals surface area contributed by atoms with E-state index >= 15 is 0 Å². The first-order valence-electron chi connectivity index (χ1n) is 5.84. The summed E-state index contributed by atoms with van der Waals surface area (Å²) in [5.74, 6) is 0.176. The molecule has 1 unspecified atom stereocenters. The maximum atomic E-state index is 11.7. The number of rotatable bonds is 3. The van der Waals surface area contributed by atoms with Crippen molar-refractivity contribution >= 4 is 10.0 Å². The SMILES string of the molecule is CCS(=O)(=O)N1CCOC(CC(C)(C)C)C1. The van der Waals surface area contributed by atoms with E-state index < -0.39 is 10.0 Å². The molecule has 0 saturated carbocycles. The quantitative estimate of drug-likeness (QED) is 0.761. The highest BCUT2D eigenvalue weighted by atomic mass is 32.2. The molecule has 0 amide bonds. The van der Waals surface area contributed by atoms with Gasteiger partial charge in [-0.3, -0.25) is 0 Å². The normalized spacial score (nSPS) is 24.6. The van der Waals surface area contributed by atoms with Crippen molar-refractivity contribution in [2.75, 3.05) is 25.4 Å². The van der Waals surface area contributed by atoms with Crippen LogP contribution in [0.3, 0.4) is 0 Å². The van der Waals surface area contributed by atoms with Crippen molar-refractivity contribution in [2.24, 2.45) is 5.41 Å². The molecule has 16 heavy (non-hydrogen) atoms. The van der Waals surface area contributed by atoms with Crippen LogP contribution in [-0.4, -0.2) is 44.3 Å². The summed E-state index contributed by atoms with van der Waals surface area (Å²) < 4.78 is 30.7. The third-order valence-electron chi connectivity index (χ3n) is 2.70. The van der Waals surface area contributed by atoms with E-state index in [4.69, 9.17) is 4.74 Å². The lowest BCUT2D eigenvalue weighted by Gasteiger charge is -2.35. The van der Waals surface area contributed by atoms with Crippen molar-refractivity contribution in [2.45, 2.75) is 40.2 Å². The lowest BCUT2D eigenvalue weighted by atomic mass is 9.89. The van der Waals surface area contributed by atoms with E-state index in [9.17, 15) is 8.42 Å². The highest BCUT2D eigenvalue weighted by molar-refractivity contribution is 7.89. The molecular formula is C11H23NO3S. The summed E-state index contributed by atoms with van der Waals surface area (Å²) in [6, 6.07) is 0. The number of ether oxygens (including phenoxy) is 1. The molecule has 1 aliphatic heterocycles. The second-order valence-corrected chi connectivity index (χ2v) is 7.77. The average molecular weight is 249 g/mol. The second-order valence-electron chi connectivity index (χ2n) is 5.52. The predicted molar refractivity (Wildman–Crippen MR) is 64.8 cm³/mol. The molecule has 1 rings (SSSR count). The highest BCUT2D eigenvalue weighted by Crippen LogP contribution is 2.25. The smallest absolute Gasteiger partial charge is 0.213 e. The minimum atomic E-state index is -3.06. The molecule has 5 heteroatoms. The standard InChI is InChI=1S/C11H23NO3S/c1-5-16(13,14)12-6-7-15-10(9-12)8-11(2,3)4/h10H,5-9H2,1-4H3. The molecular weight excluding hydrogens is 226 g/mol. The Morgan fingerprint density at radius 2 is 2.00 bits per heavy atom. The van der Waals surface area contributed by atoms with Gasteiger partial charge in [0.25, 0.3) is 0 Å². The van der Waals surface area contributed by atoms with E-state index in [-0.39, 0.29) is 17.3 Å². The van der Waals surface area contributed by atoms with E-state index in [1.807, 2.05) is 0 Å². The van der Waals surface area contributed by atoms with E-state index in [1.54, 1.807) is 11.2 Å². The zero-order chi connectivity index (χ0) is 12.4. The third-order valence-corrected chi connectivity index (χ3v) is 4.55. The van der Waals surface area contributed by atoms with Crippen LogP contribution < -0.4 is 0 Å². The largest absolute Gasteiger partial charge is 0.375 e. The number of morpholine rings is 1. The van der Waals surface area contributed by atoms with Crippen molar-refractivity contribution in [1.82, 2.24) is 4.31 Å². The Morgan fingerprint density at radius 1 is 1.38 bits per heavy atom. The van der Waals surface area contributed by atoms with Gasteiger partial charge in [0, 0.05) is 13.1 Å². The Labute approximate surface area is 99.0 Å². The topological polar surface area (TPSA) is 46.6 Å². The molecule has 0 bridgehead atoms. The summed E-state index contributed by atoms with van der Waals surface area (Å²) in [7, 11) is -3.06. The maximum Gasteiger partial charge on any atom is 0.213 e. The number of hydrogen-bond donors (Lipinski definition) is 0. The van der Waals surface area contributed by atoms with Gasteiger partial charge in [-0.15, -0.1) is 0 Å². The molecule has 0 aromatic carbocycles.